The average Bonchev–Trinajstić information content (AvgIpc) is 3.10. The van der Waals surface area contributed by atoms with E-state index in [-0.39, 0.29) is 0 Å². The Morgan fingerprint density at radius 1 is 1.26 bits per heavy atom. The highest BCUT2D eigenvalue weighted by Crippen LogP contribution is 2.36. The molecule has 2 heterocycles. The number of hydrogen-bond donors (Lipinski definition) is 2. The fraction of sp³-hybridized carbons (Fsp3) is 0.769. The van der Waals surface area contributed by atoms with Gasteiger partial charge in [-0.15, -0.1) is 0 Å². The molecule has 1 aromatic heterocycles. The Kier molecular flexibility index (Phi) is 3.40. The van der Waals surface area contributed by atoms with E-state index >= 15 is 0 Å². The lowest BCUT2D eigenvalue weighted by molar-refractivity contribution is 0.535. The molecule has 3 N–H and O–H groups in total. The zero-order chi connectivity index (χ0) is 13.2. The molecule has 6 heteroatoms. The summed E-state index contributed by atoms with van der Waals surface area (Å²) in [6.07, 6.45) is 5.13. The van der Waals surface area contributed by atoms with Gasteiger partial charge in [0.15, 0.2) is 0 Å². The highest BCUT2D eigenvalue weighted by molar-refractivity contribution is 5.42. The molecule has 1 atom stereocenters. The molecule has 0 aromatic carbocycles. The van der Waals surface area contributed by atoms with Crippen molar-refractivity contribution in [3.63, 3.8) is 0 Å². The highest BCUT2D eigenvalue weighted by Gasteiger charge is 2.27. The van der Waals surface area contributed by atoms with Crippen LogP contribution in [0.3, 0.4) is 0 Å². The predicted octanol–water partition coefficient (Wildman–Crippen LogP) is 1.51. The van der Waals surface area contributed by atoms with E-state index in [1.807, 2.05) is 0 Å². The van der Waals surface area contributed by atoms with Crippen molar-refractivity contribution in [3.8, 4) is 0 Å². The Labute approximate surface area is 113 Å². The second-order valence-electron chi connectivity index (χ2n) is 5.71. The molecule has 0 bridgehead atoms. The number of nitrogen functional groups attached to an aromatic ring is 1. The summed E-state index contributed by atoms with van der Waals surface area (Å²) in [5.41, 5.74) is 5.78. The molecule has 19 heavy (non-hydrogen) atoms. The number of nitrogens with two attached hydrogens (primary N) is 1. The van der Waals surface area contributed by atoms with Crippen molar-refractivity contribution in [1.29, 1.82) is 0 Å². The van der Waals surface area contributed by atoms with Gasteiger partial charge in [0.05, 0.1) is 0 Å². The topological polar surface area (TPSA) is 80.0 Å². The minimum Gasteiger partial charge on any atom is -0.368 e. The van der Waals surface area contributed by atoms with Gasteiger partial charge in [0, 0.05) is 19.6 Å². The van der Waals surface area contributed by atoms with Gasteiger partial charge in [0.1, 0.15) is 0 Å². The van der Waals surface area contributed by atoms with Crippen molar-refractivity contribution < 1.29 is 0 Å². The SMILES string of the molecule is CC(CNc1nc(N)nc(N2CCCC2)n1)C1CC1. The van der Waals surface area contributed by atoms with E-state index in [4.69, 9.17) is 5.73 Å². The second-order valence-corrected chi connectivity index (χ2v) is 5.71. The lowest BCUT2D eigenvalue weighted by atomic mass is 10.1. The molecule has 1 aliphatic heterocycles. The van der Waals surface area contributed by atoms with Crippen LogP contribution in [0.2, 0.25) is 0 Å². The maximum absolute atomic E-state index is 5.78. The fourth-order valence-corrected chi connectivity index (χ4v) is 2.60. The van der Waals surface area contributed by atoms with Crippen LogP contribution >= 0.6 is 0 Å². The summed E-state index contributed by atoms with van der Waals surface area (Å²) >= 11 is 0. The molecule has 0 spiro atoms. The van der Waals surface area contributed by atoms with Gasteiger partial charge in [-0.2, -0.15) is 15.0 Å². The van der Waals surface area contributed by atoms with Crippen molar-refractivity contribution in [1.82, 2.24) is 15.0 Å². The maximum atomic E-state index is 5.78. The van der Waals surface area contributed by atoms with Crippen LogP contribution in [-0.2, 0) is 0 Å². The van der Waals surface area contributed by atoms with Crippen LogP contribution in [-0.4, -0.2) is 34.6 Å². The Morgan fingerprint density at radius 3 is 2.68 bits per heavy atom. The van der Waals surface area contributed by atoms with Gasteiger partial charge < -0.3 is 16.0 Å². The molecular weight excluding hydrogens is 240 g/mol. The molecule has 104 valence electrons. The summed E-state index contributed by atoms with van der Waals surface area (Å²) in [5, 5.41) is 3.30. The van der Waals surface area contributed by atoms with Crippen LogP contribution < -0.4 is 16.0 Å². The van der Waals surface area contributed by atoms with Crippen LogP contribution in [0.5, 0.6) is 0 Å². The quantitative estimate of drug-likeness (QED) is 0.837. The van der Waals surface area contributed by atoms with Crippen LogP contribution in [0.1, 0.15) is 32.6 Å². The molecule has 1 unspecified atom stereocenters. The third-order valence-electron chi connectivity index (χ3n) is 4.04. The zero-order valence-corrected chi connectivity index (χ0v) is 11.5. The summed E-state index contributed by atoms with van der Waals surface area (Å²) in [7, 11) is 0. The third kappa shape index (κ3) is 3.05. The summed E-state index contributed by atoms with van der Waals surface area (Å²) in [5.74, 6) is 3.19. The first-order valence-corrected chi connectivity index (χ1v) is 7.23. The van der Waals surface area contributed by atoms with E-state index in [1.54, 1.807) is 0 Å². The normalized spacial score (nSPS) is 20.6. The maximum Gasteiger partial charge on any atom is 0.231 e. The van der Waals surface area contributed by atoms with Gasteiger partial charge in [-0.1, -0.05) is 6.92 Å². The molecule has 6 nitrogen and oxygen atoms in total. The summed E-state index contributed by atoms with van der Waals surface area (Å²) in [4.78, 5) is 15.1. The minimum absolute atomic E-state index is 0.304. The summed E-state index contributed by atoms with van der Waals surface area (Å²) in [6, 6.07) is 0. The number of aromatic nitrogens is 3. The molecular formula is C13H22N6. The molecule has 2 fully saturated rings. The number of nitrogens with one attached hydrogen (secondary N) is 1. The van der Waals surface area contributed by atoms with Gasteiger partial charge in [-0.25, -0.2) is 0 Å². The summed E-state index contributed by atoms with van der Waals surface area (Å²) in [6.45, 7) is 5.22. The Morgan fingerprint density at radius 2 is 2.00 bits per heavy atom. The molecule has 1 aliphatic carbocycles. The Hall–Kier alpha value is -1.59. The Bertz CT molecular complexity index is 439. The molecule has 2 aliphatic rings. The van der Waals surface area contributed by atoms with E-state index < -0.39 is 0 Å². The minimum atomic E-state index is 0.304. The van der Waals surface area contributed by atoms with Crippen molar-refractivity contribution in [2.75, 3.05) is 35.6 Å². The monoisotopic (exact) mass is 262 g/mol. The lowest BCUT2D eigenvalue weighted by Gasteiger charge is -2.17. The molecule has 3 rings (SSSR count). The number of rotatable bonds is 5. The smallest absolute Gasteiger partial charge is 0.231 e. The molecule has 1 aromatic rings. The van der Waals surface area contributed by atoms with Crippen molar-refractivity contribution >= 4 is 17.8 Å². The van der Waals surface area contributed by atoms with Gasteiger partial charge in [-0.05, 0) is 37.5 Å². The van der Waals surface area contributed by atoms with Crippen LogP contribution in [0.15, 0.2) is 0 Å². The Balaban J connectivity index is 1.66. The van der Waals surface area contributed by atoms with Crippen molar-refractivity contribution in [3.05, 3.63) is 0 Å². The van der Waals surface area contributed by atoms with Gasteiger partial charge in [-0.3, -0.25) is 0 Å². The van der Waals surface area contributed by atoms with E-state index in [9.17, 15) is 0 Å². The first kappa shape index (κ1) is 12.4. The zero-order valence-electron chi connectivity index (χ0n) is 11.5. The van der Waals surface area contributed by atoms with Gasteiger partial charge in [0.25, 0.3) is 0 Å². The first-order valence-electron chi connectivity index (χ1n) is 7.23. The van der Waals surface area contributed by atoms with E-state index in [0.717, 1.165) is 25.6 Å². The third-order valence-corrected chi connectivity index (χ3v) is 4.04. The van der Waals surface area contributed by atoms with Crippen LogP contribution in [0.25, 0.3) is 0 Å². The van der Waals surface area contributed by atoms with E-state index in [1.165, 1.54) is 25.7 Å². The van der Waals surface area contributed by atoms with Gasteiger partial charge >= 0.3 is 0 Å². The highest BCUT2D eigenvalue weighted by atomic mass is 15.3. The fourth-order valence-electron chi connectivity index (χ4n) is 2.60. The number of hydrogen-bond acceptors (Lipinski definition) is 6. The molecule has 1 saturated carbocycles. The van der Waals surface area contributed by atoms with E-state index in [0.29, 0.717) is 23.8 Å². The lowest BCUT2D eigenvalue weighted by Crippen LogP contribution is -2.23. The van der Waals surface area contributed by atoms with Crippen molar-refractivity contribution in [2.24, 2.45) is 11.8 Å². The summed E-state index contributed by atoms with van der Waals surface area (Å²) < 4.78 is 0. The number of nitrogens with zero attached hydrogens (tertiary/aromatic N) is 4. The van der Waals surface area contributed by atoms with Crippen LogP contribution in [0.4, 0.5) is 17.8 Å². The molecule has 0 amide bonds. The average molecular weight is 262 g/mol. The largest absolute Gasteiger partial charge is 0.368 e. The standard InChI is InChI=1S/C13H22N6/c1-9(10-4-5-10)8-15-12-16-11(14)17-13(18-12)19-6-2-3-7-19/h9-10H,2-8H2,1H3,(H3,14,15,16,17,18). The van der Waals surface area contributed by atoms with Crippen molar-refractivity contribution in [2.45, 2.75) is 32.6 Å². The first-order chi connectivity index (χ1) is 9.22. The predicted molar refractivity (Wildman–Crippen MR) is 76.1 cm³/mol. The molecule has 0 radical (unpaired) electrons. The van der Waals surface area contributed by atoms with Crippen LogP contribution in [0, 0.1) is 11.8 Å². The molecule has 1 saturated heterocycles. The number of anilines is 3. The van der Waals surface area contributed by atoms with Gasteiger partial charge in [0.2, 0.25) is 17.8 Å². The second kappa shape index (κ2) is 5.19. The van der Waals surface area contributed by atoms with E-state index in [2.05, 4.69) is 32.1 Å².